The Labute approximate surface area is 164 Å². The predicted molar refractivity (Wildman–Crippen MR) is 99.3 cm³/mol. The number of nitrogens with zero attached hydrogens (tertiary/aromatic N) is 1. The first-order valence-corrected chi connectivity index (χ1v) is 9.74. The Morgan fingerprint density at radius 2 is 1.60 bits per heavy atom. The number of piperidine rings is 1. The molecule has 138 valence electrons. The molecule has 0 radical (unpaired) electrons. The lowest BCUT2D eigenvalue weighted by molar-refractivity contribution is -0.907. The fourth-order valence-corrected chi connectivity index (χ4v) is 4.42. The van der Waals surface area contributed by atoms with Gasteiger partial charge in [-0.3, -0.25) is 0 Å². The van der Waals surface area contributed by atoms with E-state index in [9.17, 15) is 5.11 Å². The third-order valence-electron chi connectivity index (χ3n) is 6.05. The van der Waals surface area contributed by atoms with Crippen molar-refractivity contribution in [2.75, 3.05) is 26.7 Å². The summed E-state index contributed by atoms with van der Waals surface area (Å²) in [5.74, 6) is 7.02. The van der Waals surface area contributed by atoms with Crippen molar-refractivity contribution in [1.82, 2.24) is 0 Å². The van der Waals surface area contributed by atoms with Gasteiger partial charge in [0.25, 0.3) is 0 Å². The van der Waals surface area contributed by atoms with Crippen LogP contribution in [0.3, 0.4) is 0 Å². The highest BCUT2D eigenvalue weighted by Crippen LogP contribution is 2.39. The summed E-state index contributed by atoms with van der Waals surface area (Å²) in [6.45, 7) is 3.31. The van der Waals surface area contributed by atoms with Crippen molar-refractivity contribution in [2.24, 2.45) is 5.92 Å². The molecule has 1 aliphatic heterocycles. The molecule has 1 saturated heterocycles. The van der Waals surface area contributed by atoms with Crippen molar-refractivity contribution in [3.05, 3.63) is 35.9 Å². The first kappa shape index (κ1) is 20.5. The van der Waals surface area contributed by atoms with Crippen molar-refractivity contribution in [1.29, 1.82) is 0 Å². The number of quaternary nitrogens is 1. The minimum atomic E-state index is -0.976. The van der Waals surface area contributed by atoms with E-state index in [0.29, 0.717) is 0 Å². The van der Waals surface area contributed by atoms with E-state index in [-0.39, 0.29) is 22.9 Å². The zero-order chi connectivity index (χ0) is 16.9. The summed E-state index contributed by atoms with van der Waals surface area (Å²) in [6.07, 6.45) is 9.89. The van der Waals surface area contributed by atoms with Gasteiger partial charge in [-0.2, -0.15) is 0 Å². The second kappa shape index (κ2) is 9.21. The van der Waals surface area contributed by atoms with Crippen LogP contribution in [0.5, 0.6) is 0 Å². The smallest absolute Gasteiger partial charge is 0.153 e. The molecule has 1 aliphatic carbocycles. The molecular weight excluding hydrogens is 374 g/mol. The molecule has 2 fully saturated rings. The number of aliphatic hydroxyl groups is 1. The number of benzene rings is 1. The van der Waals surface area contributed by atoms with Crippen molar-refractivity contribution in [2.45, 2.75) is 57.0 Å². The van der Waals surface area contributed by atoms with Gasteiger partial charge in [0.05, 0.1) is 20.1 Å². The van der Waals surface area contributed by atoms with Crippen LogP contribution in [-0.4, -0.2) is 36.3 Å². The SMILES string of the molecule is C[N+]1(CC#CC(O)(c2ccccc2)C2CCCCC2)CCCCC1.[Br-]. The molecule has 1 unspecified atom stereocenters. The first-order chi connectivity index (χ1) is 11.6. The number of likely N-dealkylation sites (tertiary alicyclic amines) is 1. The summed E-state index contributed by atoms with van der Waals surface area (Å²) in [5, 5.41) is 11.5. The average Bonchev–Trinajstić information content (AvgIpc) is 2.63. The highest BCUT2D eigenvalue weighted by Gasteiger charge is 2.37. The summed E-state index contributed by atoms with van der Waals surface area (Å²) in [5.41, 5.74) is 0.00193. The fourth-order valence-electron chi connectivity index (χ4n) is 4.42. The topological polar surface area (TPSA) is 20.2 Å². The molecule has 1 aromatic rings. The molecule has 1 N–H and O–H groups in total. The number of hydrogen-bond acceptors (Lipinski definition) is 1. The highest BCUT2D eigenvalue weighted by atomic mass is 79.9. The van der Waals surface area contributed by atoms with Crippen LogP contribution in [0.1, 0.15) is 56.9 Å². The summed E-state index contributed by atoms with van der Waals surface area (Å²) in [4.78, 5) is 0. The Bertz CT molecular complexity index is 579. The zero-order valence-electron chi connectivity index (χ0n) is 15.5. The van der Waals surface area contributed by atoms with Gasteiger partial charge in [-0.15, -0.1) is 0 Å². The van der Waals surface area contributed by atoms with Crippen LogP contribution in [0.2, 0.25) is 0 Å². The maximum Gasteiger partial charge on any atom is 0.153 e. The summed E-state index contributed by atoms with van der Waals surface area (Å²) in [6, 6.07) is 10.1. The Morgan fingerprint density at radius 1 is 1.00 bits per heavy atom. The van der Waals surface area contributed by atoms with E-state index in [1.54, 1.807) is 0 Å². The minimum Gasteiger partial charge on any atom is -1.00 e. The van der Waals surface area contributed by atoms with E-state index in [0.717, 1.165) is 29.4 Å². The second-order valence-electron chi connectivity index (χ2n) is 8.05. The largest absolute Gasteiger partial charge is 1.00 e. The van der Waals surface area contributed by atoms with Crippen LogP contribution in [0.15, 0.2) is 30.3 Å². The Morgan fingerprint density at radius 3 is 2.24 bits per heavy atom. The molecule has 1 atom stereocenters. The van der Waals surface area contributed by atoms with Crippen molar-refractivity contribution >= 4 is 0 Å². The van der Waals surface area contributed by atoms with E-state index >= 15 is 0 Å². The summed E-state index contributed by atoms with van der Waals surface area (Å²) < 4.78 is 1.04. The van der Waals surface area contributed by atoms with E-state index in [1.807, 2.05) is 30.3 Å². The van der Waals surface area contributed by atoms with Gasteiger partial charge < -0.3 is 26.6 Å². The zero-order valence-corrected chi connectivity index (χ0v) is 17.1. The molecule has 1 heterocycles. The molecule has 1 aromatic carbocycles. The molecule has 25 heavy (non-hydrogen) atoms. The third-order valence-corrected chi connectivity index (χ3v) is 6.05. The van der Waals surface area contributed by atoms with E-state index in [4.69, 9.17) is 0 Å². The maximum atomic E-state index is 11.5. The highest BCUT2D eigenvalue weighted by molar-refractivity contribution is 5.33. The molecule has 2 nitrogen and oxygen atoms in total. The van der Waals surface area contributed by atoms with Crippen molar-refractivity contribution in [3.8, 4) is 11.8 Å². The molecule has 0 bridgehead atoms. The third kappa shape index (κ3) is 5.09. The number of rotatable bonds is 3. The molecular formula is C22H32BrNO. The van der Waals surface area contributed by atoms with E-state index < -0.39 is 5.60 Å². The van der Waals surface area contributed by atoms with Gasteiger partial charge in [-0.25, -0.2) is 0 Å². The van der Waals surface area contributed by atoms with Gasteiger partial charge in [-0.05, 0) is 43.6 Å². The molecule has 3 heteroatoms. The van der Waals surface area contributed by atoms with Crippen molar-refractivity contribution < 1.29 is 26.6 Å². The van der Waals surface area contributed by atoms with Crippen LogP contribution in [0.4, 0.5) is 0 Å². The minimum absolute atomic E-state index is 0. The van der Waals surface area contributed by atoms with Crippen LogP contribution < -0.4 is 17.0 Å². The summed E-state index contributed by atoms with van der Waals surface area (Å²) in [7, 11) is 2.32. The molecule has 0 spiro atoms. The molecule has 3 rings (SSSR count). The Kier molecular flexibility index (Phi) is 7.55. The maximum absolute atomic E-state index is 11.5. The molecule has 0 aromatic heterocycles. The monoisotopic (exact) mass is 405 g/mol. The fraction of sp³-hybridized carbons (Fsp3) is 0.636. The number of halogens is 1. The van der Waals surface area contributed by atoms with Crippen LogP contribution in [0.25, 0.3) is 0 Å². The molecule has 2 aliphatic rings. The van der Waals surface area contributed by atoms with Crippen molar-refractivity contribution in [3.63, 3.8) is 0 Å². The lowest BCUT2D eigenvalue weighted by atomic mass is 9.73. The Balaban J connectivity index is 0.00000225. The van der Waals surface area contributed by atoms with Crippen LogP contribution in [0, 0.1) is 17.8 Å². The second-order valence-corrected chi connectivity index (χ2v) is 8.05. The predicted octanol–water partition coefficient (Wildman–Crippen LogP) is 1.09. The van der Waals surface area contributed by atoms with E-state index in [1.165, 1.54) is 51.6 Å². The van der Waals surface area contributed by atoms with E-state index in [2.05, 4.69) is 18.9 Å². The average molecular weight is 406 g/mol. The normalized spacial score (nSPS) is 22.8. The van der Waals surface area contributed by atoms with Gasteiger partial charge in [0.15, 0.2) is 5.60 Å². The summed E-state index contributed by atoms with van der Waals surface area (Å²) >= 11 is 0. The van der Waals surface area contributed by atoms with Gasteiger partial charge in [0.2, 0.25) is 0 Å². The molecule has 0 amide bonds. The van der Waals surface area contributed by atoms with Gasteiger partial charge in [-0.1, -0.05) is 55.5 Å². The number of hydrogen-bond donors (Lipinski definition) is 1. The lowest BCUT2D eigenvalue weighted by Gasteiger charge is -2.37. The molecule has 1 saturated carbocycles. The standard InChI is InChI=1S/C22H32NO.BrH/c1-23(17-9-4-10-18-23)19-11-16-22(24,20-12-5-2-6-13-20)21-14-7-3-8-15-21;/h2,5-6,12-13,21,24H,3-4,7-10,14-15,17-19H2,1H3;1H/q+1;/p-1. The van der Waals surface area contributed by atoms with Gasteiger partial charge in [0, 0.05) is 5.92 Å². The van der Waals surface area contributed by atoms with Crippen LogP contribution in [-0.2, 0) is 5.60 Å². The lowest BCUT2D eigenvalue weighted by Crippen LogP contribution is -3.00. The van der Waals surface area contributed by atoms with Gasteiger partial charge in [0.1, 0.15) is 6.54 Å². The van der Waals surface area contributed by atoms with Crippen LogP contribution >= 0.6 is 0 Å². The van der Waals surface area contributed by atoms with Gasteiger partial charge >= 0.3 is 0 Å². The first-order valence-electron chi connectivity index (χ1n) is 9.74. The Hall–Kier alpha value is -0.820. The quantitative estimate of drug-likeness (QED) is 0.589.